The Balaban J connectivity index is 2.68. The molecule has 0 aliphatic heterocycles. The summed E-state index contributed by atoms with van der Waals surface area (Å²) in [6.45, 7) is 6.85. The molecule has 0 spiro atoms. The van der Waals surface area contributed by atoms with Gasteiger partial charge in [0.15, 0.2) is 0 Å². The Morgan fingerprint density at radius 2 is 2.05 bits per heavy atom. The smallest absolute Gasteiger partial charge is 0.328 e. The summed E-state index contributed by atoms with van der Waals surface area (Å²) in [6, 6.07) is 5.29. The van der Waals surface area contributed by atoms with Crippen molar-refractivity contribution in [2.24, 2.45) is 5.92 Å². The van der Waals surface area contributed by atoms with E-state index in [-0.39, 0.29) is 5.91 Å². The highest BCUT2D eigenvalue weighted by atomic mass is 16.4. The van der Waals surface area contributed by atoms with Crippen LogP contribution in [0.5, 0.6) is 0 Å². The number of carboxylic acid groups (broad SMARTS) is 1. The predicted molar refractivity (Wildman–Crippen MR) is 84.3 cm³/mol. The van der Waals surface area contributed by atoms with E-state index in [1.165, 1.54) is 6.08 Å². The number of benzene rings is 1. The van der Waals surface area contributed by atoms with E-state index in [9.17, 15) is 9.59 Å². The fourth-order valence-corrected chi connectivity index (χ4v) is 1.94. The molecule has 0 bridgehead atoms. The molecular formula is C17H23NO3. The first-order valence-corrected chi connectivity index (χ1v) is 7.20. The molecule has 4 heteroatoms. The van der Waals surface area contributed by atoms with Crippen molar-refractivity contribution in [3.63, 3.8) is 0 Å². The number of nitrogens with one attached hydrogen (secondary N) is 1. The summed E-state index contributed by atoms with van der Waals surface area (Å²) in [4.78, 5) is 22.6. The minimum absolute atomic E-state index is 0.122. The van der Waals surface area contributed by atoms with Crippen LogP contribution in [0.1, 0.15) is 48.2 Å². The molecule has 4 nitrogen and oxygen atoms in total. The van der Waals surface area contributed by atoms with Crippen LogP contribution in [0.3, 0.4) is 0 Å². The van der Waals surface area contributed by atoms with Crippen molar-refractivity contribution in [1.82, 2.24) is 5.32 Å². The van der Waals surface area contributed by atoms with E-state index in [1.54, 1.807) is 12.1 Å². The lowest BCUT2D eigenvalue weighted by atomic mass is 10.0. The number of aliphatic carboxylic acids is 1. The first kappa shape index (κ1) is 17.0. The topological polar surface area (TPSA) is 66.4 Å². The van der Waals surface area contributed by atoms with Crippen molar-refractivity contribution in [3.8, 4) is 0 Å². The van der Waals surface area contributed by atoms with Gasteiger partial charge < -0.3 is 10.4 Å². The van der Waals surface area contributed by atoms with Crippen molar-refractivity contribution in [2.45, 2.75) is 33.6 Å². The molecule has 0 aliphatic rings. The van der Waals surface area contributed by atoms with Crippen molar-refractivity contribution < 1.29 is 14.7 Å². The van der Waals surface area contributed by atoms with Crippen LogP contribution in [-0.4, -0.2) is 23.5 Å². The molecule has 1 rings (SSSR count). The first-order valence-electron chi connectivity index (χ1n) is 7.20. The molecule has 0 aromatic heterocycles. The Hall–Kier alpha value is -2.10. The van der Waals surface area contributed by atoms with Crippen LogP contribution in [-0.2, 0) is 4.79 Å². The maximum absolute atomic E-state index is 12.0. The SMILES string of the molecule is Cc1ccc(C(=O)NCCCC(C)C)cc1/C=C/C(=O)O. The van der Waals surface area contributed by atoms with E-state index in [0.29, 0.717) is 18.0 Å². The van der Waals surface area contributed by atoms with E-state index in [4.69, 9.17) is 5.11 Å². The molecule has 0 aliphatic carbocycles. The highest BCUT2D eigenvalue weighted by Gasteiger charge is 2.07. The van der Waals surface area contributed by atoms with E-state index in [0.717, 1.165) is 30.0 Å². The van der Waals surface area contributed by atoms with Crippen molar-refractivity contribution in [2.75, 3.05) is 6.54 Å². The van der Waals surface area contributed by atoms with Gasteiger partial charge >= 0.3 is 5.97 Å². The Kier molecular flexibility index (Phi) is 6.66. The van der Waals surface area contributed by atoms with Gasteiger partial charge in [-0.2, -0.15) is 0 Å². The molecular weight excluding hydrogens is 266 g/mol. The standard InChI is InChI=1S/C17H23NO3/c1-12(2)5-4-10-18-17(21)15-7-6-13(3)14(11-15)8-9-16(19)20/h6-9,11-12H,4-5,10H2,1-3H3,(H,18,21)(H,19,20)/b9-8+. The van der Waals surface area contributed by atoms with Gasteiger partial charge in [0.1, 0.15) is 0 Å². The van der Waals surface area contributed by atoms with Gasteiger partial charge in [0.05, 0.1) is 0 Å². The average molecular weight is 289 g/mol. The Bertz CT molecular complexity index is 533. The normalized spacial score (nSPS) is 11.0. The fraction of sp³-hybridized carbons (Fsp3) is 0.412. The fourth-order valence-electron chi connectivity index (χ4n) is 1.94. The second-order valence-corrected chi connectivity index (χ2v) is 5.53. The molecule has 0 atom stereocenters. The molecule has 0 unspecified atom stereocenters. The summed E-state index contributed by atoms with van der Waals surface area (Å²) in [5, 5.41) is 11.6. The lowest BCUT2D eigenvalue weighted by Gasteiger charge is -2.08. The maximum atomic E-state index is 12.0. The number of carbonyl (C=O) groups excluding carboxylic acids is 1. The largest absolute Gasteiger partial charge is 0.478 e. The predicted octanol–water partition coefficient (Wildman–Crippen LogP) is 3.26. The molecule has 0 radical (unpaired) electrons. The van der Waals surface area contributed by atoms with Crippen LogP contribution in [0.2, 0.25) is 0 Å². The lowest BCUT2D eigenvalue weighted by Crippen LogP contribution is -2.24. The number of amides is 1. The zero-order valence-electron chi connectivity index (χ0n) is 12.8. The number of rotatable bonds is 7. The highest BCUT2D eigenvalue weighted by Crippen LogP contribution is 2.13. The third kappa shape index (κ3) is 6.25. The van der Waals surface area contributed by atoms with Gasteiger partial charge in [0.25, 0.3) is 5.91 Å². The number of hydrogen-bond acceptors (Lipinski definition) is 2. The second kappa shape index (κ2) is 8.25. The lowest BCUT2D eigenvalue weighted by molar-refractivity contribution is -0.131. The zero-order chi connectivity index (χ0) is 15.8. The van der Waals surface area contributed by atoms with Gasteiger partial charge in [-0.05, 0) is 55.0 Å². The Morgan fingerprint density at radius 1 is 1.33 bits per heavy atom. The molecule has 0 fully saturated rings. The summed E-state index contributed by atoms with van der Waals surface area (Å²) in [5.74, 6) is -0.490. The molecule has 1 aromatic rings. The summed E-state index contributed by atoms with van der Waals surface area (Å²) < 4.78 is 0. The summed E-state index contributed by atoms with van der Waals surface area (Å²) in [6.07, 6.45) is 4.63. The van der Waals surface area contributed by atoms with Crippen LogP contribution >= 0.6 is 0 Å². The minimum atomic E-state index is -1.00. The van der Waals surface area contributed by atoms with E-state index < -0.39 is 5.97 Å². The summed E-state index contributed by atoms with van der Waals surface area (Å²) >= 11 is 0. The monoisotopic (exact) mass is 289 g/mol. The van der Waals surface area contributed by atoms with E-state index in [1.807, 2.05) is 13.0 Å². The van der Waals surface area contributed by atoms with Gasteiger partial charge in [-0.15, -0.1) is 0 Å². The van der Waals surface area contributed by atoms with Crippen LogP contribution in [0.4, 0.5) is 0 Å². The van der Waals surface area contributed by atoms with Gasteiger partial charge in [0.2, 0.25) is 0 Å². The zero-order valence-corrected chi connectivity index (χ0v) is 12.8. The minimum Gasteiger partial charge on any atom is -0.478 e. The van der Waals surface area contributed by atoms with Gasteiger partial charge in [-0.1, -0.05) is 19.9 Å². The Labute approximate surface area is 125 Å². The van der Waals surface area contributed by atoms with Crippen molar-refractivity contribution in [3.05, 3.63) is 41.0 Å². The third-order valence-corrected chi connectivity index (χ3v) is 3.19. The van der Waals surface area contributed by atoms with Crippen molar-refractivity contribution >= 4 is 18.0 Å². The molecule has 114 valence electrons. The van der Waals surface area contributed by atoms with Crippen LogP contribution in [0.25, 0.3) is 6.08 Å². The van der Waals surface area contributed by atoms with E-state index >= 15 is 0 Å². The molecule has 0 saturated carbocycles. The van der Waals surface area contributed by atoms with Gasteiger partial charge in [-0.25, -0.2) is 4.79 Å². The maximum Gasteiger partial charge on any atom is 0.328 e. The Morgan fingerprint density at radius 3 is 2.67 bits per heavy atom. The van der Waals surface area contributed by atoms with Crippen molar-refractivity contribution in [1.29, 1.82) is 0 Å². The molecule has 0 heterocycles. The van der Waals surface area contributed by atoms with Crippen LogP contribution < -0.4 is 5.32 Å². The average Bonchev–Trinajstić information content (AvgIpc) is 2.42. The number of hydrogen-bond donors (Lipinski definition) is 2. The number of carboxylic acids is 1. The van der Waals surface area contributed by atoms with Gasteiger partial charge in [0, 0.05) is 18.2 Å². The van der Waals surface area contributed by atoms with E-state index in [2.05, 4.69) is 19.2 Å². The number of aryl methyl sites for hydroxylation is 1. The van der Waals surface area contributed by atoms with Crippen LogP contribution in [0.15, 0.2) is 24.3 Å². The molecule has 1 amide bonds. The summed E-state index contributed by atoms with van der Waals surface area (Å²) in [7, 11) is 0. The molecule has 0 saturated heterocycles. The molecule has 21 heavy (non-hydrogen) atoms. The highest BCUT2D eigenvalue weighted by molar-refractivity contribution is 5.95. The quantitative estimate of drug-likeness (QED) is 0.598. The molecule has 2 N–H and O–H groups in total. The van der Waals surface area contributed by atoms with Crippen LogP contribution in [0, 0.1) is 12.8 Å². The van der Waals surface area contributed by atoms with Gasteiger partial charge in [-0.3, -0.25) is 4.79 Å². The summed E-state index contributed by atoms with van der Waals surface area (Å²) in [5.41, 5.74) is 2.23. The first-order chi connectivity index (χ1) is 9.90. The second-order valence-electron chi connectivity index (χ2n) is 5.53. The number of carbonyl (C=O) groups is 2. The molecule has 1 aromatic carbocycles. The third-order valence-electron chi connectivity index (χ3n) is 3.19.